The molecule has 1 aromatic heterocycles. The predicted octanol–water partition coefficient (Wildman–Crippen LogP) is 2.30. The quantitative estimate of drug-likeness (QED) is 0.888. The third kappa shape index (κ3) is 3.66. The van der Waals surface area contributed by atoms with E-state index in [1.165, 1.54) is 11.3 Å². The summed E-state index contributed by atoms with van der Waals surface area (Å²) >= 11 is 7.32. The molecule has 0 saturated carbocycles. The molecular weight excluding hydrogens is 332 g/mol. The number of hydrogen-bond acceptors (Lipinski definition) is 5. The highest BCUT2D eigenvalue weighted by Gasteiger charge is 2.20. The number of carbonyl (C=O) groups excluding carboxylic acids is 1. The number of benzene rings is 1. The highest BCUT2D eigenvalue weighted by atomic mass is 35.5. The summed E-state index contributed by atoms with van der Waals surface area (Å²) in [5.41, 5.74) is 6.31. The largest absolute Gasteiger partial charge is 0.397 e. The van der Waals surface area contributed by atoms with Gasteiger partial charge in [-0.15, -0.1) is 11.3 Å². The highest BCUT2D eigenvalue weighted by Crippen LogP contribution is 2.37. The molecule has 0 fully saturated rings. The van der Waals surface area contributed by atoms with Gasteiger partial charge in [-0.1, -0.05) is 17.7 Å². The van der Waals surface area contributed by atoms with Crippen LogP contribution in [0.2, 0.25) is 5.02 Å². The van der Waals surface area contributed by atoms with E-state index in [0.29, 0.717) is 21.0 Å². The molecule has 2 aromatic rings. The zero-order valence-corrected chi connectivity index (χ0v) is 13.9. The summed E-state index contributed by atoms with van der Waals surface area (Å²) in [6.07, 6.45) is 1.13. The summed E-state index contributed by atoms with van der Waals surface area (Å²) in [5, 5.41) is 3.79. The van der Waals surface area contributed by atoms with E-state index >= 15 is 0 Å². The number of carbonyl (C=O) groups is 1. The van der Waals surface area contributed by atoms with Crippen LogP contribution in [0.1, 0.15) is 16.6 Å². The number of hydrogen-bond donors (Lipinski definition) is 2. The maximum absolute atomic E-state index is 12.2. The van der Waals surface area contributed by atoms with Crippen molar-refractivity contribution >= 4 is 54.5 Å². The number of amides is 1. The van der Waals surface area contributed by atoms with E-state index in [4.69, 9.17) is 17.3 Å². The first-order valence-corrected chi connectivity index (χ1v) is 9.39. The van der Waals surface area contributed by atoms with Crippen LogP contribution >= 0.6 is 22.9 Å². The van der Waals surface area contributed by atoms with Crippen LogP contribution in [0, 0.1) is 0 Å². The fourth-order valence-electron chi connectivity index (χ4n) is 2.08. The second-order valence-corrected chi connectivity index (χ2v) is 8.57. The van der Waals surface area contributed by atoms with Gasteiger partial charge in [0, 0.05) is 22.4 Å². The topological polar surface area (TPSA) is 89.3 Å². The Morgan fingerprint density at radius 1 is 1.48 bits per heavy atom. The molecule has 0 aliphatic heterocycles. The Balaban J connectivity index is 2.28. The molecule has 1 unspecified atom stereocenters. The number of nitrogens with two attached hydrogens (primary N) is 1. The molecule has 2 rings (SSSR count). The molecule has 8 heteroatoms. The average Bonchev–Trinajstić information content (AvgIpc) is 2.65. The predicted molar refractivity (Wildman–Crippen MR) is 87.9 cm³/mol. The smallest absolute Gasteiger partial charge is 0.263 e. The molecule has 0 radical (unpaired) electrons. The van der Waals surface area contributed by atoms with Crippen LogP contribution in [-0.2, 0) is 9.84 Å². The molecule has 3 N–H and O–H groups in total. The Kier molecular flexibility index (Phi) is 4.46. The molecule has 0 bridgehead atoms. The second-order valence-electron chi connectivity index (χ2n) is 4.92. The number of fused-ring (bicyclic) bond motifs is 1. The monoisotopic (exact) mass is 346 g/mol. The fraction of sp³-hybridized carbons (Fsp3) is 0.308. The minimum Gasteiger partial charge on any atom is -0.397 e. The third-order valence-electron chi connectivity index (χ3n) is 2.84. The van der Waals surface area contributed by atoms with Gasteiger partial charge in [0.15, 0.2) is 0 Å². The number of halogens is 1. The van der Waals surface area contributed by atoms with Crippen LogP contribution in [0.15, 0.2) is 18.2 Å². The zero-order valence-electron chi connectivity index (χ0n) is 11.5. The number of thiophene rings is 1. The van der Waals surface area contributed by atoms with Gasteiger partial charge in [0.1, 0.15) is 14.7 Å². The molecular formula is C13H15ClN2O3S2. The Bertz CT molecular complexity index is 799. The van der Waals surface area contributed by atoms with E-state index in [9.17, 15) is 13.2 Å². The lowest BCUT2D eigenvalue weighted by molar-refractivity contribution is 0.0948. The van der Waals surface area contributed by atoms with Gasteiger partial charge in [-0.3, -0.25) is 4.79 Å². The molecule has 21 heavy (non-hydrogen) atoms. The van der Waals surface area contributed by atoms with Gasteiger partial charge < -0.3 is 11.1 Å². The van der Waals surface area contributed by atoms with E-state index in [2.05, 4.69) is 5.32 Å². The second kappa shape index (κ2) is 5.82. The van der Waals surface area contributed by atoms with Gasteiger partial charge in [0.2, 0.25) is 0 Å². The maximum atomic E-state index is 12.2. The van der Waals surface area contributed by atoms with Crippen LogP contribution < -0.4 is 11.1 Å². The Labute approximate surface area is 132 Å². The summed E-state index contributed by atoms with van der Waals surface area (Å²) < 4.78 is 23.3. The summed E-state index contributed by atoms with van der Waals surface area (Å²) in [5.74, 6) is -0.509. The molecule has 1 atom stereocenters. The molecule has 0 aliphatic carbocycles. The lowest BCUT2D eigenvalue weighted by Gasteiger charge is -2.12. The molecule has 1 heterocycles. The van der Waals surface area contributed by atoms with Crippen LogP contribution in [0.3, 0.4) is 0 Å². The van der Waals surface area contributed by atoms with Crippen molar-refractivity contribution in [1.82, 2.24) is 5.32 Å². The Morgan fingerprint density at radius 3 is 2.71 bits per heavy atom. The number of nitrogen functional groups attached to an aromatic ring is 1. The maximum Gasteiger partial charge on any atom is 0.263 e. The van der Waals surface area contributed by atoms with E-state index in [1.807, 2.05) is 6.07 Å². The van der Waals surface area contributed by atoms with Crippen molar-refractivity contribution in [3.05, 3.63) is 28.1 Å². The van der Waals surface area contributed by atoms with Crippen LogP contribution in [-0.4, -0.2) is 32.4 Å². The number of rotatable bonds is 4. The normalized spacial score (nSPS) is 13.3. The zero-order chi connectivity index (χ0) is 15.8. The van der Waals surface area contributed by atoms with Crippen molar-refractivity contribution in [2.24, 2.45) is 0 Å². The number of sulfone groups is 1. The Hall–Kier alpha value is -1.31. The van der Waals surface area contributed by atoms with Gasteiger partial charge in [0.05, 0.1) is 16.5 Å². The molecule has 0 spiro atoms. The minimum absolute atomic E-state index is 0.121. The Morgan fingerprint density at radius 2 is 2.14 bits per heavy atom. The van der Waals surface area contributed by atoms with Crippen molar-refractivity contribution in [2.45, 2.75) is 13.0 Å². The van der Waals surface area contributed by atoms with Gasteiger partial charge in [-0.05, 0) is 19.1 Å². The standard InChI is InChI=1S/C13H15ClN2O3S2/c1-7(6-21(2,18)19)16-13(17)12-11(15)10-8(14)4-3-5-9(10)20-12/h3-5,7H,6,15H2,1-2H3,(H,16,17). The summed E-state index contributed by atoms with van der Waals surface area (Å²) in [4.78, 5) is 12.6. The van der Waals surface area contributed by atoms with Crippen molar-refractivity contribution in [2.75, 3.05) is 17.7 Å². The SMILES string of the molecule is CC(CS(C)(=O)=O)NC(=O)c1sc2cccc(Cl)c2c1N. The summed E-state index contributed by atoms with van der Waals surface area (Å²) in [7, 11) is -3.16. The molecule has 114 valence electrons. The van der Waals surface area contributed by atoms with Crippen molar-refractivity contribution in [1.29, 1.82) is 0 Å². The van der Waals surface area contributed by atoms with Gasteiger partial charge in [0.25, 0.3) is 5.91 Å². The molecule has 0 saturated heterocycles. The number of nitrogens with one attached hydrogen (secondary N) is 1. The molecule has 5 nitrogen and oxygen atoms in total. The van der Waals surface area contributed by atoms with E-state index in [1.54, 1.807) is 19.1 Å². The van der Waals surface area contributed by atoms with Gasteiger partial charge in [-0.2, -0.15) is 0 Å². The van der Waals surface area contributed by atoms with E-state index in [0.717, 1.165) is 11.0 Å². The minimum atomic E-state index is -3.16. The first kappa shape index (κ1) is 16.1. The van der Waals surface area contributed by atoms with Gasteiger partial charge >= 0.3 is 0 Å². The van der Waals surface area contributed by atoms with Crippen LogP contribution in [0.5, 0.6) is 0 Å². The summed E-state index contributed by atoms with van der Waals surface area (Å²) in [6, 6.07) is 4.83. The van der Waals surface area contributed by atoms with Crippen molar-refractivity contribution in [3.8, 4) is 0 Å². The third-order valence-corrected chi connectivity index (χ3v) is 5.43. The van der Waals surface area contributed by atoms with Crippen LogP contribution in [0.25, 0.3) is 10.1 Å². The summed E-state index contributed by atoms with van der Waals surface area (Å²) in [6.45, 7) is 1.63. The molecule has 1 aromatic carbocycles. The van der Waals surface area contributed by atoms with Crippen molar-refractivity contribution in [3.63, 3.8) is 0 Å². The lowest BCUT2D eigenvalue weighted by atomic mass is 10.2. The van der Waals surface area contributed by atoms with E-state index < -0.39 is 15.9 Å². The highest BCUT2D eigenvalue weighted by molar-refractivity contribution is 7.90. The van der Waals surface area contributed by atoms with E-state index in [-0.39, 0.29) is 11.7 Å². The molecule has 0 aliphatic rings. The first-order valence-electron chi connectivity index (χ1n) is 6.14. The molecule has 1 amide bonds. The number of anilines is 1. The van der Waals surface area contributed by atoms with Gasteiger partial charge in [-0.25, -0.2) is 8.42 Å². The fourth-order valence-corrected chi connectivity index (χ4v) is 4.46. The lowest BCUT2D eigenvalue weighted by Crippen LogP contribution is -2.37. The van der Waals surface area contributed by atoms with Crippen LogP contribution in [0.4, 0.5) is 5.69 Å². The first-order chi connectivity index (χ1) is 9.69. The average molecular weight is 347 g/mol. The van der Waals surface area contributed by atoms with Crippen molar-refractivity contribution < 1.29 is 13.2 Å².